The first-order valence-electron chi connectivity index (χ1n) is 10.3. The number of hydrogen-bond donors (Lipinski definition) is 4. The molecule has 35 heavy (non-hydrogen) atoms. The molecule has 0 spiro atoms. The number of nitrogens with one attached hydrogen (secondary N) is 2. The van der Waals surface area contributed by atoms with Gasteiger partial charge in [-0.25, -0.2) is 17.9 Å². The van der Waals surface area contributed by atoms with Crippen LogP contribution in [0, 0.1) is 5.41 Å². The van der Waals surface area contributed by atoms with Crippen LogP contribution in [0.2, 0.25) is 0 Å². The molecule has 0 fully saturated rings. The van der Waals surface area contributed by atoms with E-state index in [0.29, 0.717) is 5.56 Å². The lowest BCUT2D eigenvalue weighted by Gasteiger charge is -2.19. The van der Waals surface area contributed by atoms with Crippen molar-refractivity contribution in [2.24, 2.45) is 5.73 Å². The number of benzene rings is 2. The van der Waals surface area contributed by atoms with Gasteiger partial charge < -0.3 is 20.3 Å². The van der Waals surface area contributed by atoms with E-state index >= 15 is 0 Å². The third-order valence-corrected chi connectivity index (χ3v) is 5.29. The summed E-state index contributed by atoms with van der Waals surface area (Å²) in [4.78, 5) is 32.8. The molecule has 0 radical (unpaired) electrons. The Hall–Kier alpha value is -3.77. The summed E-state index contributed by atoms with van der Waals surface area (Å²) >= 11 is 0. The Morgan fingerprint density at radius 3 is 1.94 bits per heavy atom. The predicted octanol–water partition coefficient (Wildman–Crippen LogP) is 2.29. The number of nitrogen functional groups attached to an aromatic ring is 1. The van der Waals surface area contributed by atoms with Crippen LogP contribution in [-0.2, 0) is 24.3 Å². The number of amidine groups is 1. The lowest BCUT2D eigenvalue weighted by atomic mass is 10.1. The fraction of sp³-hybridized carbons (Fsp3) is 0.304. The predicted molar refractivity (Wildman–Crippen MR) is 128 cm³/mol. The van der Waals surface area contributed by atoms with Crippen molar-refractivity contribution in [1.82, 2.24) is 4.72 Å². The summed E-state index contributed by atoms with van der Waals surface area (Å²) in [5, 5.41) is 14.8. The number of rotatable bonds is 8. The van der Waals surface area contributed by atoms with Gasteiger partial charge in [-0.15, -0.1) is 0 Å². The van der Waals surface area contributed by atoms with Crippen molar-refractivity contribution < 1.29 is 37.4 Å². The molecule has 0 unspecified atom stereocenters. The molecule has 0 atom stereocenters. The molecule has 0 bridgehead atoms. The maximum atomic E-state index is 12.3. The molecule has 190 valence electrons. The molecule has 0 saturated heterocycles. The molecule has 0 amide bonds. The Bertz CT molecular complexity index is 1150. The van der Waals surface area contributed by atoms with E-state index in [1.807, 2.05) is 0 Å². The van der Waals surface area contributed by atoms with E-state index in [9.17, 15) is 18.0 Å². The van der Waals surface area contributed by atoms with E-state index in [1.165, 1.54) is 48.5 Å². The van der Waals surface area contributed by atoms with E-state index < -0.39 is 33.5 Å². The van der Waals surface area contributed by atoms with Crippen LogP contribution in [-0.4, -0.2) is 49.4 Å². The van der Waals surface area contributed by atoms with E-state index in [2.05, 4.69) is 4.72 Å². The number of carbonyl (C=O) groups is 3. The minimum Gasteiger partial charge on any atom is -0.481 e. The van der Waals surface area contributed by atoms with E-state index in [-0.39, 0.29) is 35.0 Å². The first kappa shape index (κ1) is 29.3. The summed E-state index contributed by atoms with van der Waals surface area (Å²) in [6.45, 7) is 6.16. The van der Waals surface area contributed by atoms with Crippen LogP contribution in [0.5, 0.6) is 5.75 Å². The maximum Gasteiger partial charge on any atom is 0.343 e. The van der Waals surface area contributed by atoms with Crippen LogP contribution < -0.4 is 15.2 Å². The van der Waals surface area contributed by atoms with Crippen LogP contribution in [0.3, 0.4) is 0 Å². The Balaban J connectivity index is 0.00000142. The van der Waals surface area contributed by atoms with Gasteiger partial charge in [0.25, 0.3) is 5.97 Å². The van der Waals surface area contributed by atoms with Gasteiger partial charge in [0.1, 0.15) is 17.2 Å². The second-order valence-corrected chi connectivity index (χ2v) is 9.87. The summed E-state index contributed by atoms with van der Waals surface area (Å²) in [5.41, 5.74) is 5.46. The molecule has 0 aromatic heterocycles. The number of sulfonamides is 1. The van der Waals surface area contributed by atoms with Gasteiger partial charge in [0, 0.05) is 19.0 Å². The number of ether oxygens (including phenoxy) is 2. The van der Waals surface area contributed by atoms with Gasteiger partial charge in [-0.3, -0.25) is 15.0 Å². The zero-order chi connectivity index (χ0) is 26.8. The summed E-state index contributed by atoms with van der Waals surface area (Å²) in [6.07, 6.45) is -0.103. The largest absolute Gasteiger partial charge is 0.481 e. The van der Waals surface area contributed by atoms with Crippen molar-refractivity contribution in [2.75, 3.05) is 6.54 Å². The summed E-state index contributed by atoms with van der Waals surface area (Å²) in [7, 11) is -3.84. The van der Waals surface area contributed by atoms with E-state index in [4.69, 9.17) is 30.5 Å². The number of carboxylic acids is 1. The van der Waals surface area contributed by atoms with Gasteiger partial charge in [-0.2, -0.15) is 0 Å². The molecule has 0 aliphatic carbocycles. The van der Waals surface area contributed by atoms with Gasteiger partial charge in [-0.05, 0) is 57.2 Å². The zero-order valence-electron chi connectivity index (χ0n) is 19.8. The maximum absolute atomic E-state index is 12.3. The van der Waals surface area contributed by atoms with Crippen molar-refractivity contribution in [3.63, 3.8) is 0 Å². The van der Waals surface area contributed by atoms with Crippen molar-refractivity contribution in [1.29, 1.82) is 5.41 Å². The van der Waals surface area contributed by atoms with Crippen LogP contribution >= 0.6 is 0 Å². The molecule has 11 nitrogen and oxygen atoms in total. The highest BCUT2D eigenvalue weighted by Crippen LogP contribution is 2.18. The standard InChI is InChI=1S/C21H25N3O6S.C2H4O2/c1-21(2,3)30-18(25)12-13-24-31(27,28)17-10-8-16(9-11-17)29-20(26)15-6-4-14(5-7-15)19(22)23;1-2(3)4/h4-11,24H,12-13H2,1-3H3,(H3,22,23);1H3,(H,3,4). The summed E-state index contributed by atoms with van der Waals surface area (Å²) in [6, 6.07) is 11.3. The monoisotopic (exact) mass is 507 g/mol. The number of carbonyl (C=O) groups excluding carboxylic acids is 2. The van der Waals surface area contributed by atoms with Gasteiger partial charge in [0.05, 0.1) is 16.9 Å². The fourth-order valence-electron chi connectivity index (χ4n) is 2.40. The molecule has 2 rings (SSSR count). The Morgan fingerprint density at radius 2 is 1.49 bits per heavy atom. The molecule has 5 N–H and O–H groups in total. The third-order valence-electron chi connectivity index (χ3n) is 3.82. The quantitative estimate of drug-likeness (QED) is 0.180. The van der Waals surface area contributed by atoms with Crippen LogP contribution in [0.15, 0.2) is 53.4 Å². The molecule has 0 heterocycles. The van der Waals surface area contributed by atoms with Crippen LogP contribution in [0.1, 0.15) is 50.0 Å². The molecular formula is C23H29N3O8S. The van der Waals surface area contributed by atoms with Crippen LogP contribution in [0.25, 0.3) is 0 Å². The Morgan fingerprint density at radius 1 is 1.00 bits per heavy atom. The Kier molecular flexibility index (Phi) is 10.6. The number of esters is 2. The van der Waals surface area contributed by atoms with Gasteiger partial charge in [0.15, 0.2) is 0 Å². The average molecular weight is 508 g/mol. The van der Waals surface area contributed by atoms with E-state index in [1.54, 1.807) is 20.8 Å². The number of carboxylic acid groups (broad SMARTS) is 1. The minimum atomic E-state index is -3.84. The SMILES string of the molecule is CC(=O)O.CC(C)(C)OC(=O)CCNS(=O)(=O)c1ccc(OC(=O)c2ccc(C(=N)N)cc2)cc1. The first-order valence-corrected chi connectivity index (χ1v) is 11.8. The van der Waals surface area contributed by atoms with Crippen molar-refractivity contribution >= 4 is 33.8 Å². The molecule has 2 aromatic carbocycles. The third kappa shape index (κ3) is 11.3. The highest BCUT2D eigenvalue weighted by Gasteiger charge is 2.18. The molecule has 2 aromatic rings. The van der Waals surface area contributed by atoms with E-state index in [0.717, 1.165) is 6.92 Å². The highest BCUT2D eigenvalue weighted by molar-refractivity contribution is 7.89. The normalized spacial score (nSPS) is 11.0. The second kappa shape index (κ2) is 12.6. The average Bonchev–Trinajstić information content (AvgIpc) is 2.72. The molecular weight excluding hydrogens is 478 g/mol. The number of hydrogen-bond acceptors (Lipinski definition) is 8. The van der Waals surface area contributed by atoms with Gasteiger partial charge >= 0.3 is 11.9 Å². The van der Waals surface area contributed by atoms with Crippen LogP contribution in [0.4, 0.5) is 0 Å². The Labute approximate surface area is 203 Å². The fourth-order valence-corrected chi connectivity index (χ4v) is 3.43. The lowest BCUT2D eigenvalue weighted by Crippen LogP contribution is -2.29. The smallest absolute Gasteiger partial charge is 0.343 e. The molecule has 0 saturated carbocycles. The summed E-state index contributed by atoms with van der Waals surface area (Å²) in [5.74, 6) is -1.93. The number of nitrogens with two attached hydrogens (primary N) is 1. The summed E-state index contributed by atoms with van der Waals surface area (Å²) < 4.78 is 37.4. The minimum absolute atomic E-state index is 0.0395. The van der Waals surface area contributed by atoms with Crippen molar-refractivity contribution in [3.05, 3.63) is 59.7 Å². The van der Waals surface area contributed by atoms with Crippen molar-refractivity contribution in [3.8, 4) is 5.75 Å². The first-order chi connectivity index (χ1) is 16.1. The zero-order valence-corrected chi connectivity index (χ0v) is 20.6. The number of aliphatic carboxylic acids is 1. The molecule has 0 aliphatic heterocycles. The molecule has 12 heteroatoms. The van der Waals surface area contributed by atoms with Gasteiger partial charge in [-0.1, -0.05) is 12.1 Å². The van der Waals surface area contributed by atoms with Gasteiger partial charge in [0.2, 0.25) is 10.0 Å². The second-order valence-electron chi connectivity index (χ2n) is 8.11. The highest BCUT2D eigenvalue weighted by atomic mass is 32.2. The van der Waals surface area contributed by atoms with Crippen molar-refractivity contribution in [2.45, 2.75) is 44.6 Å². The molecule has 0 aliphatic rings. The topological polar surface area (TPSA) is 186 Å². The lowest BCUT2D eigenvalue weighted by molar-refractivity contribution is -0.154.